The minimum absolute atomic E-state index is 0.852. The lowest BCUT2D eigenvalue weighted by Crippen LogP contribution is -1.98. The Kier molecular flexibility index (Phi) is 4.64. The van der Waals surface area contributed by atoms with Crippen LogP contribution in [0.15, 0.2) is 58.4 Å². The molecule has 0 amide bonds. The molecule has 3 aromatic rings. The molecule has 0 bridgehead atoms. The molecule has 2 aromatic carbocycles. The lowest BCUT2D eigenvalue weighted by molar-refractivity contribution is 0.877. The SMILES string of the molecule is Cc1ccc(-n2cnnc2SCc2ccccc2Br)c(C)c1. The van der Waals surface area contributed by atoms with Gasteiger partial charge >= 0.3 is 0 Å². The van der Waals surface area contributed by atoms with Crippen molar-refractivity contribution >= 4 is 27.7 Å². The van der Waals surface area contributed by atoms with Crippen LogP contribution in [-0.4, -0.2) is 14.8 Å². The van der Waals surface area contributed by atoms with Gasteiger partial charge in [-0.1, -0.05) is 63.6 Å². The number of nitrogens with zero attached hydrogens (tertiary/aromatic N) is 3. The van der Waals surface area contributed by atoms with Gasteiger partial charge in [0, 0.05) is 10.2 Å². The van der Waals surface area contributed by atoms with E-state index in [0.717, 1.165) is 21.1 Å². The zero-order chi connectivity index (χ0) is 15.5. The van der Waals surface area contributed by atoms with Gasteiger partial charge in [-0.2, -0.15) is 0 Å². The molecule has 0 saturated heterocycles. The second kappa shape index (κ2) is 6.67. The number of halogens is 1. The van der Waals surface area contributed by atoms with Gasteiger partial charge in [-0.25, -0.2) is 0 Å². The second-order valence-electron chi connectivity index (χ2n) is 5.15. The van der Waals surface area contributed by atoms with Crippen molar-refractivity contribution in [2.75, 3.05) is 0 Å². The van der Waals surface area contributed by atoms with Crippen LogP contribution in [-0.2, 0) is 5.75 Å². The standard InChI is InChI=1S/C17H16BrN3S/c1-12-7-8-16(13(2)9-12)21-11-19-20-17(21)22-10-14-5-3-4-6-15(14)18/h3-9,11H,10H2,1-2H3. The molecule has 0 aliphatic rings. The van der Waals surface area contributed by atoms with Crippen LogP contribution >= 0.6 is 27.7 Å². The molecule has 0 N–H and O–H groups in total. The summed E-state index contributed by atoms with van der Waals surface area (Å²) < 4.78 is 3.18. The minimum atomic E-state index is 0.852. The summed E-state index contributed by atoms with van der Waals surface area (Å²) >= 11 is 5.28. The molecule has 0 aliphatic heterocycles. The van der Waals surface area contributed by atoms with Crippen molar-refractivity contribution in [3.8, 4) is 5.69 Å². The minimum Gasteiger partial charge on any atom is -0.276 e. The first kappa shape index (κ1) is 15.3. The van der Waals surface area contributed by atoms with Crippen LogP contribution in [0.3, 0.4) is 0 Å². The Hall–Kier alpha value is -1.59. The molecule has 0 fully saturated rings. The Labute approximate surface area is 142 Å². The molecule has 0 aliphatic carbocycles. The lowest BCUT2D eigenvalue weighted by atomic mass is 10.1. The van der Waals surface area contributed by atoms with Crippen LogP contribution < -0.4 is 0 Å². The van der Waals surface area contributed by atoms with Crippen molar-refractivity contribution in [3.05, 3.63) is 70.0 Å². The van der Waals surface area contributed by atoms with Crippen molar-refractivity contribution in [2.45, 2.75) is 24.8 Å². The first-order valence-electron chi connectivity index (χ1n) is 6.99. The topological polar surface area (TPSA) is 30.7 Å². The highest BCUT2D eigenvalue weighted by Gasteiger charge is 2.10. The Morgan fingerprint density at radius 2 is 1.95 bits per heavy atom. The molecule has 0 atom stereocenters. The van der Waals surface area contributed by atoms with E-state index in [9.17, 15) is 0 Å². The van der Waals surface area contributed by atoms with Crippen molar-refractivity contribution in [3.63, 3.8) is 0 Å². The van der Waals surface area contributed by atoms with Gasteiger partial charge in [-0.3, -0.25) is 4.57 Å². The van der Waals surface area contributed by atoms with E-state index in [1.807, 2.05) is 6.07 Å². The predicted octanol–water partition coefficient (Wildman–Crippen LogP) is 4.94. The quantitative estimate of drug-likeness (QED) is 0.606. The van der Waals surface area contributed by atoms with E-state index in [1.54, 1.807) is 18.1 Å². The Bertz CT molecular complexity index is 798. The predicted molar refractivity (Wildman–Crippen MR) is 94.5 cm³/mol. The molecular weight excluding hydrogens is 358 g/mol. The molecule has 0 unspecified atom stereocenters. The number of aromatic nitrogens is 3. The van der Waals surface area contributed by atoms with E-state index < -0.39 is 0 Å². The first-order valence-corrected chi connectivity index (χ1v) is 8.77. The van der Waals surface area contributed by atoms with Gasteiger partial charge in [0.05, 0.1) is 5.69 Å². The van der Waals surface area contributed by atoms with E-state index in [0.29, 0.717) is 0 Å². The average Bonchev–Trinajstić information content (AvgIpc) is 2.95. The van der Waals surface area contributed by atoms with Gasteiger partial charge in [0.1, 0.15) is 6.33 Å². The highest BCUT2D eigenvalue weighted by Crippen LogP contribution is 2.28. The Morgan fingerprint density at radius 1 is 1.14 bits per heavy atom. The van der Waals surface area contributed by atoms with Gasteiger partial charge in [-0.05, 0) is 37.1 Å². The first-order chi connectivity index (χ1) is 10.6. The van der Waals surface area contributed by atoms with Crippen LogP contribution in [0.5, 0.6) is 0 Å². The summed E-state index contributed by atoms with van der Waals surface area (Å²) in [4.78, 5) is 0. The molecule has 1 aromatic heterocycles. The maximum atomic E-state index is 4.26. The van der Waals surface area contributed by atoms with Gasteiger partial charge in [-0.15, -0.1) is 10.2 Å². The number of thioether (sulfide) groups is 1. The molecule has 1 heterocycles. The molecular formula is C17H16BrN3S. The molecule has 5 heteroatoms. The summed E-state index contributed by atoms with van der Waals surface area (Å²) in [5, 5.41) is 9.24. The summed E-state index contributed by atoms with van der Waals surface area (Å²) in [7, 11) is 0. The molecule has 0 spiro atoms. The maximum Gasteiger partial charge on any atom is 0.195 e. The number of hydrogen-bond acceptors (Lipinski definition) is 3. The van der Waals surface area contributed by atoms with Crippen LogP contribution in [0.2, 0.25) is 0 Å². The smallest absolute Gasteiger partial charge is 0.195 e. The Balaban J connectivity index is 1.85. The van der Waals surface area contributed by atoms with Crippen LogP contribution in [0.4, 0.5) is 0 Å². The van der Waals surface area contributed by atoms with Crippen LogP contribution in [0.25, 0.3) is 5.69 Å². The van der Waals surface area contributed by atoms with Gasteiger partial charge in [0.25, 0.3) is 0 Å². The monoisotopic (exact) mass is 373 g/mol. The highest BCUT2D eigenvalue weighted by molar-refractivity contribution is 9.10. The van der Waals surface area contributed by atoms with E-state index in [1.165, 1.54) is 16.7 Å². The zero-order valence-electron chi connectivity index (χ0n) is 12.5. The summed E-state index contributed by atoms with van der Waals surface area (Å²) in [6.07, 6.45) is 1.78. The van der Waals surface area contributed by atoms with Gasteiger partial charge in [0.15, 0.2) is 5.16 Å². The van der Waals surface area contributed by atoms with Crippen molar-refractivity contribution in [2.24, 2.45) is 0 Å². The summed E-state index contributed by atoms with van der Waals surface area (Å²) in [5.41, 5.74) is 4.87. The summed E-state index contributed by atoms with van der Waals surface area (Å²) in [6.45, 7) is 4.22. The molecule has 3 rings (SSSR count). The number of rotatable bonds is 4. The van der Waals surface area contributed by atoms with Crippen molar-refractivity contribution in [1.82, 2.24) is 14.8 Å². The molecule has 0 radical (unpaired) electrons. The van der Waals surface area contributed by atoms with E-state index >= 15 is 0 Å². The van der Waals surface area contributed by atoms with Crippen molar-refractivity contribution < 1.29 is 0 Å². The molecule has 3 nitrogen and oxygen atoms in total. The summed E-state index contributed by atoms with van der Waals surface area (Å²) in [6, 6.07) is 14.7. The average molecular weight is 374 g/mol. The van der Waals surface area contributed by atoms with E-state index in [-0.39, 0.29) is 0 Å². The summed E-state index contributed by atoms with van der Waals surface area (Å²) in [5.74, 6) is 0.852. The third-order valence-corrected chi connectivity index (χ3v) is 5.21. The molecule has 0 saturated carbocycles. The lowest BCUT2D eigenvalue weighted by Gasteiger charge is -2.10. The fourth-order valence-electron chi connectivity index (χ4n) is 2.32. The van der Waals surface area contributed by atoms with Crippen molar-refractivity contribution in [1.29, 1.82) is 0 Å². The zero-order valence-corrected chi connectivity index (χ0v) is 14.9. The third-order valence-electron chi connectivity index (χ3n) is 3.44. The highest BCUT2D eigenvalue weighted by atomic mass is 79.9. The van der Waals surface area contributed by atoms with E-state index in [2.05, 4.69) is 80.9 Å². The van der Waals surface area contributed by atoms with Crippen LogP contribution in [0.1, 0.15) is 16.7 Å². The van der Waals surface area contributed by atoms with E-state index in [4.69, 9.17) is 0 Å². The second-order valence-corrected chi connectivity index (χ2v) is 6.95. The van der Waals surface area contributed by atoms with Gasteiger partial charge < -0.3 is 0 Å². The van der Waals surface area contributed by atoms with Gasteiger partial charge in [0.2, 0.25) is 0 Å². The Morgan fingerprint density at radius 3 is 2.73 bits per heavy atom. The number of benzene rings is 2. The third kappa shape index (κ3) is 3.25. The van der Waals surface area contributed by atoms with Crippen LogP contribution in [0, 0.1) is 13.8 Å². The maximum absolute atomic E-state index is 4.26. The fraction of sp³-hybridized carbons (Fsp3) is 0.176. The number of hydrogen-bond donors (Lipinski definition) is 0. The molecule has 112 valence electrons. The normalized spacial score (nSPS) is 10.9. The number of aryl methyl sites for hydroxylation is 2. The molecule has 22 heavy (non-hydrogen) atoms. The largest absolute Gasteiger partial charge is 0.276 e. The fourth-order valence-corrected chi connectivity index (χ4v) is 3.86.